The standard InChI is InChI=1S/C29H32NO5P/c1-21(2)18-26(28(32)35-20-23-10-6-4-7-11-23)29(34-3,36-33)19-22-14-16-25(17-15-22)30-27(31)24-12-8-5-9-13-24/h4-17,21,26H,18-20H2,1-3H3,(H,30,31)/p+1. The van der Waals surface area contributed by atoms with Crippen LogP contribution in [0.1, 0.15) is 41.8 Å². The van der Waals surface area contributed by atoms with Gasteiger partial charge in [0.25, 0.3) is 11.2 Å². The van der Waals surface area contributed by atoms with Crippen molar-refractivity contribution in [3.05, 3.63) is 102 Å². The summed E-state index contributed by atoms with van der Waals surface area (Å²) in [6.07, 6.45) is 0.734. The maximum absolute atomic E-state index is 13.2. The van der Waals surface area contributed by atoms with Crippen LogP contribution in [-0.4, -0.2) is 24.3 Å². The molecule has 0 heterocycles. The fourth-order valence-electron chi connectivity index (χ4n) is 4.07. The number of hydrogen-bond donors (Lipinski definition) is 1. The molecular weight excluding hydrogens is 473 g/mol. The van der Waals surface area contributed by atoms with Gasteiger partial charge in [-0.3, -0.25) is 9.59 Å². The van der Waals surface area contributed by atoms with E-state index >= 15 is 0 Å². The maximum atomic E-state index is 13.2. The zero-order chi connectivity index (χ0) is 26.0. The molecule has 188 valence electrons. The zero-order valence-electron chi connectivity index (χ0n) is 20.9. The SMILES string of the molecule is COC(Cc1ccc(NC(=O)c2ccccc2)cc1)([PH+]=O)C(CC(C)C)C(=O)OCc1ccccc1. The Hall–Kier alpha value is -3.34. The summed E-state index contributed by atoms with van der Waals surface area (Å²) in [5, 5.41) is 1.64. The van der Waals surface area contributed by atoms with Crippen LogP contribution in [0.25, 0.3) is 0 Å². The van der Waals surface area contributed by atoms with Gasteiger partial charge in [-0.25, -0.2) is 0 Å². The highest BCUT2D eigenvalue weighted by molar-refractivity contribution is 7.25. The molecule has 0 aliphatic carbocycles. The third kappa shape index (κ3) is 7.33. The summed E-state index contributed by atoms with van der Waals surface area (Å²) in [4.78, 5) is 25.7. The van der Waals surface area contributed by atoms with Crippen molar-refractivity contribution in [1.29, 1.82) is 0 Å². The second-order valence-electron chi connectivity index (χ2n) is 9.16. The maximum Gasteiger partial charge on any atom is 0.361 e. The van der Waals surface area contributed by atoms with Gasteiger partial charge in [-0.15, -0.1) is 0 Å². The van der Waals surface area contributed by atoms with E-state index in [1.54, 1.807) is 24.3 Å². The van der Waals surface area contributed by atoms with E-state index in [2.05, 4.69) is 5.32 Å². The molecule has 3 unspecified atom stereocenters. The average Bonchev–Trinajstić information content (AvgIpc) is 2.91. The molecule has 36 heavy (non-hydrogen) atoms. The number of nitrogens with one attached hydrogen (secondary N) is 1. The van der Waals surface area contributed by atoms with Crippen LogP contribution in [0.5, 0.6) is 0 Å². The molecule has 0 spiro atoms. The Morgan fingerprint density at radius 1 is 0.889 bits per heavy atom. The first kappa shape index (κ1) is 27.3. The van der Waals surface area contributed by atoms with Crippen LogP contribution in [-0.2, 0) is 31.9 Å². The highest BCUT2D eigenvalue weighted by Gasteiger charge is 2.52. The van der Waals surface area contributed by atoms with Gasteiger partial charge in [-0.05, 0) is 47.7 Å². The molecule has 0 aromatic heterocycles. The van der Waals surface area contributed by atoms with Gasteiger partial charge in [0, 0.05) is 24.8 Å². The highest BCUT2D eigenvalue weighted by atomic mass is 31.1. The third-order valence-electron chi connectivity index (χ3n) is 6.03. The number of carbonyl (C=O) groups is 2. The van der Waals surface area contributed by atoms with Crippen LogP contribution < -0.4 is 5.32 Å². The van der Waals surface area contributed by atoms with Crippen LogP contribution in [0, 0.1) is 11.8 Å². The largest absolute Gasteiger partial charge is 0.460 e. The molecule has 1 amide bonds. The van der Waals surface area contributed by atoms with Gasteiger partial charge in [-0.2, -0.15) is 0 Å². The molecule has 0 bridgehead atoms. The Bertz CT molecular complexity index is 1140. The minimum atomic E-state index is -1.23. The summed E-state index contributed by atoms with van der Waals surface area (Å²) in [6.45, 7) is 4.16. The van der Waals surface area contributed by atoms with Crippen molar-refractivity contribution in [3.63, 3.8) is 0 Å². The zero-order valence-corrected chi connectivity index (χ0v) is 21.9. The van der Waals surface area contributed by atoms with Crippen LogP contribution in [0.15, 0.2) is 84.9 Å². The fourth-order valence-corrected chi connectivity index (χ4v) is 4.80. The summed E-state index contributed by atoms with van der Waals surface area (Å²) < 4.78 is 24.0. The fraction of sp³-hybridized carbons (Fsp3) is 0.310. The highest BCUT2D eigenvalue weighted by Crippen LogP contribution is 2.40. The normalized spacial score (nSPS) is 13.7. The topological polar surface area (TPSA) is 81.7 Å². The Labute approximate surface area is 214 Å². The van der Waals surface area contributed by atoms with Crippen LogP contribution in [0.2, 0.25) is 0 Å². The van der Waals surface area contributed by atoms with E-state index in [4.69, 9.17) is 9.47 Å². The molecule has 3 atom stereocenters. The number of anilines is 1. The Morgan fingerprint density at radius 3 is 2.06 bits per heavy atom. The summed E-state index contributed by atoms with van der Waals surface area (Å²) in [6, 6.07) is 25.7. The van der Waals surface area contributed by atoms with E-state index < -0.39 is 25.7 Å². The molecule has 3 aromatic rings. The van der Waals surface area contributed by atoms with E-state index in [0.717, 1.165) is 11.1 Å². The van der Waals surface area contributed by atoms with E-state index in [-0.39, 0.29) is 24.9 Å². The number of rotatable bonds is 12. The lowest BCUT2D eigenvalue weighted by molar-refractivity contribution is -0.158. The first-order chi connectivity index (χ1) is 17.4. The lowest BCUT2D eigenvalue weighted by atomic mass is 9.87. The van der Waals surface area contributed by atoms with Gasteiger partial charge < -0.3 is 14.8 Å². The van der Waals surface area contributed by atoms with Gasteiger partial charge in [0.1, 0.15) is 12.5 Å². The van der Waals surface area contributed by atoms with Crippen LogP contribution >= 0.6 is 8.46 Å². The van der Waals surface area contributed by atoms with Crippen molar-refractivity contribution in [2.45, 2.75) is 38.6 Å². The number of amides is 1. The molecule has 3 rings (SSSR count). The molecule has 3 aromatic carbocycles. The molecule has 0 radical (unpaired) electrons. The lowest BCUT2D eigenvalue weighted by Crippen LogP contribution is -2.43. The Kier molecular flexibility index (Phi) is 9.92. The van der Waals surface area contributed by atoms with Crippen molar-refractivity contribution in [3.8, 4) is 0 Å². The summed E-state index contributed by atoms with van der Waals surface area (Å²) >= 11 is 0. The van der Waals surface area contributed by atoms with Gasteiger partial charge in [0.2, 0.25) is 0 Å². The van der Waals surface area contributed by atoms with Crippen molar-refractivity contribution >= 4 is 26.0 Å². The number of carbonyl (C=O) groups excluding carboxylic acids is 2. The molecule has 7 heteroatoms. The minimum absolute atomic E-state index is 0.145. The number of hydrogen-bond acceptors (Lipinski definition) is 5. The smallest absolute Gasteiger partial charge is 0.361 e. The summed E-state index contributed by atoms with van der Waals surface area (Å²) in [7, 11) is 0.603. The second kappa shape index (κ2) is 13.1. The predicted molar refractivity (Wildman–Crippen MR) is 142 cm³/mol. The van der Waals surface area contributed by atoms with Gasteiger partial charge in [0.15, 0.2) is 0 Å². The van der Waals surface area contributed by atoms with Gasteiger partial charge in [0.05, 0.1) is 0 Å². The Balaban J connectivity index is 1.75. The molecule has 0 saturated carbocycles. The molecule has 6 nitrogen and oxygen atoms in total. The van der Waals surface area contributed by atoms with Crippen molar-refractivity contribution in [1.82, 2.24) is 0 Å². The summed E-state index contributed by atoms with van der Waals surface area (Å²) in [5.41, 5.74) is 2.93. The molecule has 1 N–H and O–H groups in total. The van der Waals surface area contributed by atoms with Gasteiger partial charge in [-0.1, -0.05) is 79.1 Å². The van der Waals surface area contributed by atoms with Crippen molar-refractivity contribution in [2.75, 3.05) is 12.4 Å². The molecule has 0 saturated heterocycles. The molecule has 0 aliphatic heterocycles. The van der Waals surface area contributed by atoms with E-state index in [1.165, 1.54) is 7.11 Å². The van der Waals surface area contributed by atoms with Crippen LogP contribution in [0.4, 0.5) is 5.69 Å². The van der Waals surface area contributed by atoms with E-state index in [1.807, 2.05) is 74.5 Å². The van der Waals surface area contributed by atoms with E-state index in [0.29, 0.717) is 17.7 Å². The third-order valence-corrected chi connectivity index (χ3v) is 7.10. The lowest BCUT2D eigenvalue weighted by Gasteiger charge is -2.29. The van der Waals surface area contributed by atoms with Crippen molar-refractivity contribution in [2.24, 2.45) is 11.8 Å². The summed E-state index contributed by atoms with van der Waals surface area (Å²) in [5.74, 6) is -1.17. The molecular formula is C29H33NO5P+. The van der Waals surface area contributed by atoms with Gasteiger partial charge >= 0.3 is 14.4 Å². The van der Waals surface area contributed by atoms with Crippen molar-refractivity contribution < 1.29 is 23.6 Å². The second-order valence-corrected chi connectivity index (χ2v) is 10.2. The molecule has 0 aliphatic rings. The number of ether oxygens (including phenoxy) is 2. The number of methoxy groups -OCH3 is 1. The molecule has 0 fully saturated rings. The number of benzene rings is 3. The Morgan fingerprint density at radius 2 is 1.50 bits per heavy atom. The first-order valence-electron chi connectivity index (χ1n) is 12.0. The van der Waals surface area contributed by atoms with Crippen LogP contribution in [0.3, 0.4) is 0 Å². The average molecular weight is 507 g/mol. The quantitative estimate of drug-likeness (QED) is 0.232. The monoisotopic (exact) mass is 506 g/mol. The first-order valence-corrected chi connectivity index (χ1v) is 12.9. The van der Waals surface area contributed by atoms with E-state index in [9.17, 15) is 14.2 Å². The number of esters is 1. The minimum Gasteiger partial charge on any atom is -0.460 e. The predicted octanol–water partition coefficient (Wildman–Crippen LogP) is 6.25.